The number of benzene rings is 1. The number of anilines is 1. The van der Waals surface area contributed by atoms with Gasteiger partial charge in [-0.15, -0.1) is 10.2 Å². The Hall–Kier alpha value is -1.95. The molecule has 1 amide bonds. The third-order valence-corrected chi connectivity index (χ3v) is 5.10. The third kappa shape index (κ3) is 4.32. The van der Waals surface area contributed by atoms with Crippen molar-refractivity contribution in [3.05, 3.63) is 34.8 Å². The highest BCUT2D eigenvalue weighted by atomic mass is 32.1. The Labute approximate surface area is 146 Å². The van der Waals surface area contributed by atoms with Crippen molar-refractivity contribution in [3.8, 4) is 5.75 Å². The number of ether oxygens (including phenoxy) is 1. The van der Waals surface area contributed by atoms with Crippen molar-refractivity contribution in [2.75, 3.05) is 5.32 Å². The molecule has 0 saturated heterocycles. The summed E-state index contributed by atoms with van der Waals surface area (Å²) in [5.41, 5.74) is 0.584. The van der Waals surface area contributed by atoms with Crippen molar-refractivity contribution in [2.45, 2.75) is 58.0 Å². The van der Waals surface area contributed by atoms with Crippen LogP contribution in [0.4, 0.5) is 5.13 Å². The molecular weight excluding hydrogens is 322 g/mol. The van der Waals surface area contributed by atoms with Gasteiger partial charge in [-0.2, -0.15) is 0 Å². The van der Waals surface area contributed by atoms with Crippen LogP contribution in [-0.2, 0) is 0 Å². The molecule has 2 aromatic rings. The monoisotopic (exact) mass is 345 g/mol. The van der Waals surface area contributed by atoms with Crippen LogP contribution in [0.25, 0.3) is 0 Å². The molecule has 1 saturated carbocycles. The normalized spacial score (nSPS) is 15.5. The number of carbonyl (C=O) groups excluding carboxylic acids is 1. The molecule has 0 unspecified atom stereocenters. The van der Waals surface area contributed by atoms with Gasteiger partial charge in [0.1, 0.15) is 10.8 Å². The van der Waals surface area contributed by atoms with E-state index in [-0.39, 0.29) is 12.0 Å². The summed E-state index contributed by atoms with van der Waals surface area (Å²) in [7, 11) is 0. The minimum Gasteiger partial charge on any atom is -0.491 e. The van der Waals surface area contributed by atoms with Crippen molar-refractivity contribution < 1.29 is 9.53 Å². The predicted molar refractivity (Wildman–Crippen MR) is 95.9 cm³/mol. The number of amides is 1. The van der Waals surface area contributed by atoms with E-state index in [1.54, 1.807) is 12.1 Å². The highest BCUT2D eigenvalue weighted by molar-refractivity contribution is 7.15. The van der Waals surface area contributed by atoms with E-state index >= 15 is 0 Å². The van der Waals surface area contributed by atoms with Crippen LogP contribution in [0.2, 0.25) is 0 Å². The minimum atomic E-state index is -0.169. The van der Waals surface area contributed by atoms with Crippen molar-refractivity contribution in [1.82, 2.24) is 10.2 Å². The molecule has 128 valence electrons. The fraction of sp³-hybridized carbons (Fsp3) is 0.500. The molecule has 1 aliphatic rings. The summed E-state index contributed by atoms with van der Waals surface area (Å²) in [4.78, 5) is 12.3. The molecule has 1 aromatic heterocycles. The van der Waals surface area contributed by atoms with Gasteiger partial charge < -0.3 is 4.74 Å². The molecule has 0 radical (unpaired) electrons. The summed E-state index contributed by atoms with van der Waals surface area (Å²) < 4.78 is 5.59. The lowest BCUT2D eigenvalue weighted by Crippen LogP contribution is -2.12. The zero-order valence-corrected chi connectivity index (χ0v) is 14.9. The molecule has 1 aromatic carbocycles. The van der Waals surface area contributed by atoms with Gasteiger partial charge in [0.25, 0.3) is 5.91 Å². The van der Waals surface area contributed by atoms with Gasteiger partial charge in [-0.3, -0.25) is 10.1 Å². The van der Waals surface area contributed by atoms with Gasteiger partial charge in [-0.05, 0) is 51.0 Å². The van der Waals surface area contributed by atoms with Crippen molar-refractivity contribution in [2.24, 2.45) is 0 Å². The van der Waals surface area contributed by atoms with Crippen molar-refractivity contribution >= 4 is 22.4 Å². The second-order valence-electron chi connectivity index (χ2n) is 6.43. The van der Waals surface area contributed by atoms with Gasteiger partial charge in [-0.1, -0.05) is 30.6 Å². The first-order valence-electron chi connectivity index (χ1n) is 8.53. The van der Waals surface area contributed by atoms with E-state index in [1.807, 2.05) is 26.0 Å². The first kappa shape index (κ1) is 16.9. The number of nitrogens with one attached hydrogen (secondary N) is 1. The number of rotatable bonds is 5. The molecule has 1 heterocycles. The van der Waals surface area contributed by atoms with Gasteiger partial charge in [0.2, 0.25) is 5.13 Å². The summed E-state index contributed by atoms with van der Waals surface area (Å²) >= 11 is 1.50. The Bertz CT molecular complexity index is 676. The minimum absolute atomic E-state index is 0.115. The summed E-state index contributed by atoms with van der Waals surface area (Å²) in [6.07, 6.45) is 6.31. The number of aromatic nitrogens is 2. The standard InChI is InChI=1S/C18H23N3O2S/c1-12(2)23-15-10-8-13(9-11-15)16(22)19-18-21-20-17(24-18)14-6-4-3-5-7-14/h8-12,14H,3-7H2,1-2H3,(H,19,21,22). The van der Waals surface area contributed by atoms with Crippen LogP contribution >= 0.6 is 11.3 Å². The quantitative estimate of drug-likeness (QED) is 0.858. The molecule has 6 heteroatoms. The molecule has 5 nitrogen and oxygen atoms in total. The number of hydrogen-bond acceptors (Lipinski definition) is 5. The predicted octanol–water partition coefficient (Wildman–Crippen LogP) is 4.63. The third-order valence-electron chi connectivity index (χ3n) is 4.10. The smallest absolute Gasteiger partial charge is 0.257 e. The number of carbonyl (C=O) groups is 1. The molecule has 1 aliphatic carbocycles. The Morgan fingerprint density at radius 2 is 1.88 bits per heavy atom. The zero-order valence-electron chi connectivity index (χ0n) is 14.1. The maximum Gasteiger partial charge on any atom is 0.257 e. The molecular formula is C18H23N3O2S. The zero-order chi connectivity index (χ0) is 16.9. The van der Waals surface area contributed by atoms with Gasteiger partial charge >= 0.3 is 0 Å². The molecule has 0 atom stereocenters. The van der Waals surface area contributed by atoms with E-state index in [0.29, 0.717) is 16.6 Å². The van der Waals surface area contributed by atoms with Crippen LogP contribution in [0.1, 0.15) is 67.2 Å². The van der Waals surface area contributed by atoms with Crippen LogP contribution < -0.4 is 10.1 Å². The Balaban J connectivity index is 1.61. The molecule has 3 rings (SSSR count). The lowest BCUT2D eigenvalue weighted by Gasteiger charge is -2.18. The van der Waals surface area contributed by atoms with Gasteiger partial charge in [0.05, 0.1) is 6.10 Å². The topological polar surface area (TPSA) is 64.1 Å². The van der Waals surface area contributed by atoms with Gasteiger partial charge in [0, 0.05) is 11.5 Å². The van der Waals surface area contributed by atoms with Crippen LogP contribution in [0.5, 0.6) is 5.75 Å². The molecule has 0 bridgehead atoms. The summed E-state index contributed by atoms with van der Waals surface area (Å²) in [5.74, 6) is 1.10. The van der Waals surface area contributed by atoms with Crippen molar-refractivity contribution in [1.29, 1.82) is 0 Å². The van der Waals surface area contributed by atoms with Crippen LogP contribution in [0.15, 0.2) is 24.3 Å². The highest BCUT2D eigenvalue weighted by Gasteiger charge is 2.20. The van der Waals surface area contributed by atoms with Crippen LogP contribution in [0, 0.1) is 0 Å². The van der Waals surface area contributed by atoms with E-state index in [0.717, 1.165) is 10.8 Å². The van der Waals surface area contributed by atoms with Crippen molar-refractivity contribution in [3.63, 3.8) is 0 Å². The number of hydrogen-bond donors (Lipinski definition) is 1. The van der Waals surface area contributed by atoms with Crippen LogP contribution in [0.3, 0.4) is 0 Å². The lowest BCUT2D eigenvalue weighted by atomic mass is 9.90. The average molecular weight is 345 g/mol. The molecule has 0 aliphatic heterocycles. The van der Waals surface area contributed by atoms with Gasteiger partial charge in [0.15, 0.2) is 0 Å². The highest BCUT2D eigenvalue weighted by Crippen LogP contribution is 2.35. The second-order valence-corrected chi connectivity index (χ2v) is 7.43. The first-order chi connectivity index (χ1) is 11.6. The SMILES string of the molecule is CC(C)Oc1ccc(C(=O)Nc2nnc(C3CCCCC3)s2)cc1. The Morgan fingerprint density at radius 1 is 1.17 bits per heavy atom. The fourth-order valence-corrected chi connectivity index (χ4v) is 3.83. The van der Waals surface area contributed by atoms with E-state index in [1.165, 1.54) is 43.4 Å². The Morgan fingerprint density at radius 3 is 2.54 bits per heavy atom. The maximum atomic E-state index is 12.3. The van der Waals surface area contributed by atoms with Gasteiger partial charge in [-0.25, -0.2) is 0 Å². The average Bonchev–Trinajstić information content (AvgIpc) is 3.04. The van der Waals surface area contributed by atoms with E-state index < -0.39 is 0 Å². The van der Waals surface area contributed by atoms with Crippen LogP contribution in [-0.4, -0.2) is 22.2 Å². The molecule has 0 spiro atoms. The van der Waals surface area contributed by atoms with E-state index in [2.05, 4.69) is 15.5 Å². The summed E-state index contributed by atoms with van der Waals surface area (Å²) in [5, 5.41) is 12.9. The van der Waals surface area contributed by atoms with E-state index in [9.17, 15) is 4.79 Å². The maximum absolute atomic E-state index is 12.3. The molecule has 1 N–H and O–H groups in total. The Kier molecular flexibility index (Phi) is 5.45. The largest absolute Gasteiger partial charge is 0.491 e. The molecule has 1 fully saturated rings. The molecule has 24 heavy (non-hydrogen) atoms. The fourth-order valence-electron chi connectivity index (χ4n) is 2.93. The summed E-state index contributed by atoms with van der Waals surface area (Å²) in [6.45, 7) is 3.94. The second kappa shape index (κ2) is 7.75. The first-order valence-corrected chi connectivity index (χ1v) is 9.35. The van der Waals surface area contributed by atoms with E-state index in [4.69, 9.17) is 4.74 Å². The summed E-state index contributed by atoms with van der Waals surface area (Å²) in [6, 6.07) is 7.14. The number of nitrogens with zero attached hydrogens (tertiary/aromatic N) is 2. The lowest BCUT2D eigenvalue weighted by molar-refractivity contribution is 0.102.